The normalized spacial score (nSPS) is 12.0. The monoisotopic (exact) mass is 166 g/mol. The van der Waals surface area contributed by atoms with Gasteiger partial charge in [0.25, 0.3) is 5.97 Å². The van der Waals surface area contributed by atoms with E-state index >= 15 is 0 Å². The molecule has 0 rings (SSSR count). The highest BCUT2D eigenvalue weighted by Crippen LogP contribution is 2.10. The molecule has 0 saturated carbocycles. The molecule has 0 amide bonds. The maximum Gasteiger partial charge on any atom is 0.287 e. The van der Waals surface area contributed by atoms with Gasteiger partial charge in [-0.05, 0) is 12.7 Å². The molecule has 0 aliphatic rings. The highest BCUT2D eigenvalue weighted by molar-refractivity contribution is 7.99. The van der Waals surface area contributed by atoms with Crippen molar-refractivity contribution in [3.63, 3.8) is 0 Å². The van der Waals surface area contributed by atoms with Gasteiger partial charge in [0.2, 0.25) is 0 Å². The second-order valence-electron chi connectivity index (χ2n) is 1.81. The standard InChI is InChI=1S/C6H14O3S/c1-3-9-6(7,8)5-10-4-2/h7-8H,3-5H2,1-2H3. The van der Waals surface area contributed by atoms with Crippen molar-refractivity contribution in [3.05, 3.63) is 0 Å². The van der Waals surface area contributed by atoms with Crippen LogP contribution < -0.4 is 0 Å². The van der Waals surface area contributed by atoms with E-state index in [1.807, 2.05) is 6.92 Å². The van der Waals surface area contributed by atoms with E-state index in [1.165, 1.54) is 11.8 Å². The zero-order valence-corrected chi connectivity index (χ0v) is 7.15. The Hall–Kier alpha value is 0.230. The fraction of sp³-hybridized carbons (Fsp3) is 1.00. The fourth-order valence-electron chi connectivity index (χ4n) is 0.508. The van der Waals surface area contributed by atoms with Crippen molar-refractivity contribution in [3.8, 4) is 0 Å². The van der Waals surface area contributed by atoms with Crippen molar-refractivity contribution >= 4 is 11.8 Å². The van der Waals surface area contributed by atoms with E-state index < -0.39 is 5.97 Å². The summed E-state index contributed by atoms with van der Waals surface area (Å²) in [7, 11) is 0. The van der Waals surface area contributed by atoms with E-state index in [0.717, 1.165) is 5.75 Å². The zero-order chi connectivity index (χ0) is 8.04. The number of rotatable bonds is 5. The van der Waals surface area contributed by atoms with Crippen LogP contribution in [0.15, 0.2) is 0 Å². The maximum absolute atomic E-state index is 8.96. The largest absolute Gasteiger partial charge is 0.343 e. The van der Waals surface area contributed by atoms with Gasteiger partial charge in [0.15, 0.2) is 0 Å². The predicted octanol–water partition coefficient (Wildman–Crippen LogP) is 0.414. The minimum atomic E-state index is -1.94. The van der Waals surface area contributed by atoms with Crippen molar-refractivity contribution in [1.82, 2.24) is 0 Å². The number of hydrogen-bond acceptors (Lipinski definition) is 4. The van der Waals surface area contributed by atoms with Gasteiger partial charge in [-0.3, -0.25) is 0 Å². The predicted molar refractivity (Wildman–Crippen MR) is 41.8 cm³/mol. The van der Waals surface area contributed by atoms with Crippen LogP contribution in [0.3, 0.4) is 0 Å². The smallest absolute Gasteiger partial charge is 0.287 e. The average Bonchev–Trinajstić information content (AvgIpc) is 1.84. The number of hydrogen-bond donors (Lipinski definition) is 2. The highest BCUT2D eigenvalue weighted by Gasteiger charge is 2.22. The highest BCUT2D eigenvalue weighted by atomic mass is 32.2. The molecule has 0 bridgehead atoms. The van der Waals surface area contributed by atoms with Gasteiger partial charge >= 0.3 is 0 Å². The summed E-state index contributed by atoms with van der Waals surface area (Å²) in [6.07, 6.45) is 0. The van der Waals surface area contributed by atoms with Gasteiger partial charge in [0, 0.05) is 6.61 Å². The fourth-order valence-corrected chi connectivity index (χ4v) is 1.06. The van der Waals surface area contributed by atoms with Crippen LogP contribution in [-0.4, -0.2) is 34.3 Å². The van der Waals surface area contributed by atoms with E-state index in [4.69, 9.17) is 10.2 Å². The molecule has 0 aliphatic heterocycles. The van der Waals surface area contributed by atoms with Gasteiger partial charge < -0.3 is 14.9 Å². The van der Waals surface area contributed by atoms with E-state index in [1.54, 1.807) is 6.92 Å². The minimum absolute atomic E-state index is 0.206. The van der Waals surface area contributed by atoms with Crippen LogP contribution in [-0.2, 0) is 4.74 Å². The third kappa shape index (κ3) is 5.05. The third-order valence-corrected chi connectivity index (χ3v) is 1.86. The third-order valence-electron chi connectivity index (χ3n) is 0.870. The number of ether oxygens (including phenoxy) is 1. The second-order valence-corrected chi connectivity index (χ2v) is 3.09. The van der Waals surface area contributed by atoms with Crippen LogP contribution >= 0.6 is 11.8 Å². The Labute approximate surface area is 65.4 Å². The summed E-state index contributed by atoms with van der Waals surface area (Å²) >= 11 is 1.43. The van der Waals surface area contributed by atoms with Gasteiger partial charge in [-0.15, -0.1) is 0 Å². The topological polar surface area (TPSA) is 49.7 Å². The molecule has 0 aromatic rings. The molecule has 0 aromatic carbocycles. The Morgan fingerprint density at radius 2 is 2.00 bits per heavy atom. The summed E-state index contributed by atoms with van der Waals surface area (Å²) in [5, 5.41) is 17.9. The van der Waals surface area contributed by atoms with Gasteiger partial charge in [-0.25, -0.2) is 0 Å². The molecule has 3 nitrogen and oxygen atoms in total. The molecule has 0 unspecified atom stereocenters. The summed E-state index contributed by atoms with van der Waals surface area (Å²) in [4.78, 5) is 0. The lowest BCUT2D eigenvalue weighted by molar-refractivity contribution is -0.319. The molecular weight excluding hydrogens is 152 g/mol. The minimum Gasteiger partial charge on any atom is -0.343 e. The second kappa shape index (κ2) is 4.96. The van der Waals surface area contributed by atoms with Crippen LogP contribution in [0.1, 0.15) is 13.8 Å². The SMILES string of the molecule is CCOC(O)(O)CSCC. The van der Waals surface area contributed by atoms with E-state index in [2.05, 4.69) is 4.74 Å². The van der Waals surface area contributed by atoms with Crippen molar-refractivity contribution in [2.24, 2.45) is 0 Å². The van der Waals surface area contributed by atoms with Crippen LogP contribution in [0.4, 0.5) is 0 Å². The Bertz CT molecular complexity index is 85.1. The Morgan fingerprint density at radius 3 is 2.40 bits per heavy atom. The molecule has 4 heteroatoms. The van der Waals surface area contributed by atoms with Crippen molar-refractivity contribution in [2.45, 2.75) is 19.8 Å². The number of aliphatic hydroxyl groups is 2. The van der Waals surface area contributed by atoms with Crippen LogP contribution in [0, 0.1) is 0 Å². The first-order valence-electron chi connectivity index (χ1n) is 3.29. The Balaban J connectivity index is 3.42. The Kier molecular flexibility index (Phi) is 5.07. The van der Waals surface area contributed by atoms with E-state index in [0.29, 0.717) is 6.61 Å². The lowest BCUT2D eigenvalue weighted by atomic mass is 10.6. The first kappa shape index (κ1) is 10.2. The van der Waals surface area contributed by atoms with Crippen LogP contribution in [0.2, 0.25) is 0 Å². The quantitative estimate of drug-likeness (QED) is 0.581. The molecule has 0 spiro atoms. The van der Waals surface area contributed by atoms with E-state index in [-0.39, 0.29) is 5.75 Å². The molecule has 0 fully saturated rings. The molecule has 0 heterocycles. The van der Waals surface area contributed by atoms with E-state index in [9.17, 15) is 0 Å². The lowest BCUT2D eigenvalue weighted by Crippen LogP contribution is -2.34. The molecule has 0 aromatic heterocycles. The summed E-state index contributed by atoms with van der Waals surface area (Å²) < 4.78 is 4.62. The van der Waals surface area contributed by atoms with Crippen molar-refractivity contribution < 1.29 is 14.9 Å². The van der Waals surface area contributed by atoms with Crippen molar-refractivity contribution in [2.75, 3.05) is 18.1 Å². The Morgan fingerprint density at radius 1 is 1.40 bits per heavy atom. The summed E-state index contributed by atoms with van der Waals surface area (Å²) in [5.74, 6) is -0.872. The van der Waals surface area contributed by atoms with Crippen LogP contribution in [0.5, 0.6) is 0 Å². The maximum atomic E-state index is 8.96. The molecule has 2 N–H and O–H groups in total. The van der Waals surface area contributed by atoms with Gasteiger partial charge in [0.1, 0.15) is 0 Å². The first-order valence-corrected chi connectivity index (χ1v) is 4.44. The number of thioether (sulfide) groups is 1. The molecule has 10 heavy (non-hydrogen) atoms. The first-order chi connectivity index (χ1) is 4.62. The van der Waals surface area contributed by atoms with Gasteiger partial charge in [-0.2, -0.15) is 11.8 Å². The van der Waals surface area contributed by atoms with Crippen molar-refractivity contribution in [1.29, 1.82) is 0 Å². The lowest BCUT2D eigenvalue weighted by Gasteiger charge is -2.19. The summed E-state index contributed by atoms with van der Waals surface area (Å²) in [6, 6.07) is 0. The molecule has 0 saturated heterocycles. The average molecular weight is 166 g/mol. The summed E-state index contributed by atoms with van der Waals surface area (Å²) in [6.45, 7) is 3.99. The molecule has 62 valence electrons. The molecule has 0 atom stereocenters. The molecule has 0 radical (unpaired) electrons. The summed E-state index contributed by atoms with van der Waals surface area (Å²) in [5.41, 5.74) is 0. The molecular formula is C6H14O3S. The van der Waals surface area contributed by atoms with Gasteiger partial charge in [0.05, 0.1) is 5.75 Å². The zero-order valence-electron chi connectivity index (χ0n) is 6.33. The van der Waals surface area contributed by atoms with Crippen LogP contribution in [0.25, 0.3) is 0 Å². The molecule has 0 aliphatic carbocycles. The van der Waals surface area contributed by atoms with Gasteiger partial charge in [-0.1, -0.05) is 6.92 Å².